The molecule has 147 heavy (non-hydrogen) atoms. The van der Waals surface area contributed by atoms with Gasteiger partial charge in [0.1, 0.15) is 0 Å². The van der Waals surface area contributed by atoms with E-state index in [0.29, 0.717) is 29.6 Å². The molecule has 0 aromatic rings. The van der Waals surface area contributed by atoms with Gasteiger partial charge in [-0.3, -0.25) is 0 Å². The smallest absolute Gasteiger partial charge is 0.00331 e. The summed E-state index contributed by atoms with van der Waals surface area (Å²) in [6.45, 7) is 134. The first-order chi connectivity index (χ1) is 70.8. The molecule has 16 N–H and O–H groups in total. The van der Waals surface area contributed by atoms with Gasteiger partial charge < -0.3 is 85.1 Å². The average Bonchev–Trinajstić information content (AvgIpc) is 1.95. The Bertz CT molecular complexity index is 1260. The van der Waals surface area contributed by atoms with Crippen LogP contribution in [-0.4, -0.2) is 215 Å². The van der Waals surface area contributed by atoms with Crippen LogP contribution in [-0.2, 0) is 0 Å². The molecule has 16 heteroatoms. The summed E-state index contributed by atoms with van der Waals surface area (Å²) in [5.74, 6) is 5.60. The Morgan fingerprint density at radius 2 is 0.408 bits per heavy atom. The molecule has 0 aromatic carbocycles. The highest BCUT2D eigenvalue weighted by molar-refractivity contribution is 4.69. The van der Waals surface area contributed by atoms with Crippen LogP contribution in [0.3, 0.4) is 0 Å². The molecule has 0 saturated heterocycles. The zero-order valence-electron chi connectivity index (χ0n) is 121. The van der Waals surface area contributed by atoms with E-state index in [1.165, 1.54) is 244 Å². The predicted molar refractivity (Wildman–Crippen MR) is 728 cm³/mol. The quantitative estimate of drug-likeness (QED) is 0.0258. The molecule has 3 fully saturated rings. The van der Waals surface area contributed by atoms with Crippen molar-refractivity contribution < 1.29 is 0 Å². The second kappa shape index (κ2) is 320. The highest BCUT2D eigenvalue weighted by Gasteiger charge is 2.14. The molecule has 0 bridgehead atoms. The molecule has 0 aromatic heterocycles. The molecule has 16 nitrogen and oxygen atoms in total. The summed E-state index contributed by atoms with van der Waals surface area (Å²) in [7, 11) is 31.8. The molecule has 944 valence electrons. The van der Waals surface area contributed by atoms with Crippen molar-refractivity contribution in [2.45, 2.75) is 644 Å². The molecule has 2 atom stereocenters. The average molecular weight is 2140 g/mol. The SMILES string of the molecule is CC.CC.CC.CC.CC.CC.CC.CC.CC.CC.CC.CC.CC.CC.CC.CC.CC.CCC(C)NC.CCC(C)NC.CCC1CCCCC1.CCCCCCNC.CCCCCNC.CCCCNC.CCCCNC.CCCNC.CCCNC.CNC(C)C.CNC(C)C.CNCC(C)C.CNCC(C)C.CNCCC(C)(C)C.CNCCC(C)C.CNCCC1CCCC1.CNCCC1CCCCC1. The third-order valence-electron chi connectivity index (χ3n) is 18.7. The lowest BCUT2D eigenvalue weighted by Gasteiger charge is -2.20. The first-order valence-electron chi connectivity index (χ1n) is 65.3. The molecule has 0 aliphatic heterocycles. The Kier molecular flexibility index (Phi) is 505. The minimum Gasteiger partial charge on any atom is -0.320 e. The van der Waals surface area contributed by atoms with Gasteiger partial charge in [-0.25, -0.2) is 0 Å². The highest BCUT2D eigenvalue weighted by Crippen LogP contribution is 2.28. The van der Waals surface area contributed by atoms with E-state index in [2.05, 4.69) is 251 Å². The summed E-state index contributed by atoms with van der Waals surface area (Å²) < 4.78 is 0. The minimum absolute atomic E-state index is 0.489. The lowest BCUT2D eigenvalue weighted by atomic mass is 9.87. The second-order valence-electron chi connectivity index (χ2n) is 34.1. The van der Waals surface area contributed by atoms with Crippen molar-refractivity contribution in [3.63, 3.8) is 0 Å². The monoisotopic (exact) mass is 2140 g/mol. The maximum atomic E-state index is 3.21. The summed E-state index contributed by atoms with van der Waals surface area (Å²) in [6.07, 6.45) is 47.2. The summed E-state index contributed by atoms with van der Waals surface area (Å²) in [5.41, 5.74) is 0.489. The first kappa shape index (κ1) is 232. The van der Waals surface area contributed by atoms with Gasteiger partial charge in [0, 0.05) is 24.2 Å². The van der Waals surface area contributed by atoms with E-state index in [0.717, 1.165) is 87.9 Å². The van der Waals surface area contributed by atoms with Crippen molar-refractivity contribution in [3.8, 4) is 0 Å². The normalized spacial score (nSPS) is 10.8. The van der Waals surface area contributed by atoms with Crippen molar-refractivity contribution >= 4 is 0 Å². The highest BCUT2D eigenvalue weighted by atomic mass is 14.9. The molecule has 0 spiro atoms. The molecule has 3 aliphatic rings. The fourth-order valence-corrected chi connectivity index (χ4v) is 9.71. The van der Waals surface area contributed by atoms with Crippen LogP contribution < -0.4 is 85.1 Å². The van der Waals surface area contributed by atoms with E-state index in [-0.39, 0.29) is 0 Å². The van der Waals surface area contributed by atoms with Crippen molar-refractivity contribution in [1.82, 2.24) is 85.1 Å². The third-order valence-corrected chi connectivity index (χ3v) is 18.7. The standard InChI is InChI=1S/C9H19N.C8H17N.C8H16.2C7H17N.2C6H15N.6C5H13N.4C4H11N.17C2H6/c1-10-8-7-9-5-3-2-4-6-9;1-9-7-6-8-4-2-3-5-8;1-2-8-6-4-3-5-7-8;1-7(2,3)5-6-8-4;1-3-4-5-6-7-8-2;1-6(2)4-5-7-3;1-3-4-5-6-7-2;2*1-5(2)4-6-3;2*1-4-5(2)6-3;2*1-3-4-5-6-2;2*1-4(2)5-3;2*1-3-4-5-2;17*1-2/h9-10H,2-8H2,1H3;8-9H,2-7H2,1H3;8H,2-7H2,1H3;8H,5-6H2,1-4H3;8H,3-7H2,1-2H3;6-7H,4-5H2,1-3H3;7H,3-6H2,1-2H3;4*5-6H,4H2,1-3H3;2*6H,3-5H2,1-2H3;2*4-5H,1-3H3;2*5H,3-4H2,1-2H3;17*1-2H3. The largest absolute Gasteiger partial charge is 0.320 e. The number of hydrogen-bond acceptors (Lipinski definition) is 16. The van der Waals surface area contributed by atoms with Gasteiger partial charge in [-0.15, -0.1) is 0 Å². The van der Waals surface area contributed by atoms with Gasteiger partial charge >= 0.3 is 0 Å². The zero-order chi connectivity index (χ0) is 124. The third kappa shape index (κ3) is 487. The van der Waals surface area contributed by atoms with Gasteiger partial charge in [0.25, 0.3) is 0 Å². The van der Waals surface area contributed by atoms with Crippen LogP contribution in [0.15, 0.2) is 0 Å². The molecule has 3 rings (SSSR count). The van der Waals surface area contributed by atoms with E-state index in [9.17, 15) is 0 Å². The van der Waals surface area contributed by atoms with Crippen molar-refractivity contribution in [1.29, 1.82) is 0 Å². The van der Waals surface area contributed by atoms with E-state index in [4.69, 9.17) is 0 Å². The van der Waals surface area contributed by atoms with Crippen LogP contribution in [0.25, 0.3) is 0 Å². The molecule has 0 radical (unpaired) electrons. The summed E-state index contributed by atoms with van der Waals surface area (Å²) in [6, 6.07) is 2.64. The predicted octanol–water partition coefficient (Wildman–Crippen LogP) is 38.7. The Hall–Kier alpha value is -0.640. The molecular weight excluding hydrogens is 1800 g/mol. The molecule has 2 unspecified atom stereocenters. The Labute approximate surface area is 955 Å². The molecule has 3 saturated carbocycles. The summed E-state index contributed by atoms with van der Waals surface area (Å²) in [5, 5.41) is 49.5. The number of nitrogens with one attached hydrogen (secondary N) is 16. The molecule has 3 aliphatic carbocycles. The van der Waals surface area contributed by atoms with E-state index < -0.39 is 0 Å². The van der Waals surface area contributed by atoms with E-state index in [1.807, 2.05) is 348 Å². The van der Waals surface area contributed by atoms with E-state index >= 15 is 0 Å². The van der Waals surface area contributed by atoms with Crippen LogP contribution in [0.5, 0.6) is 0 Å². The molecule has 0 heterocycles. The fraction of sp³-hybridized carbons (Fsp3) is 1.00. The number of unbranched alkanes of at least 4 members (excludes halogenated alkanes) is 7. The van der Waals surface area contributed by atoms with Crippen molar-refractivity contribution in [2.75, 3.05) is 191 Å². The van der Waals surface area contributed by atoms with Crippen LogP contribution in [0.4, 0.5) is 0 Å². The number of hydrogen-bond donors (Lipinski definition) is 16. The molecule has 0 amide bonds. The van der Waals surface area contributed by atoms with E-state index in [1.54, 1.807) is 0 Å². The minimum atomic E-state index is 0.489. The maximum absolute atomic E-state index is 3.21. The van der Waals surface area contributed by atoms with Gasteiger partial charge in [-0.2, -0.15) is 0 Å². The van der Waals surface area contributed by atoms with Gasteiger partial charge in [-0.05, 0) is 323 Å². The Morgan fingerprint density at radius 1 is 0.204 bits per heavy atom. The van der Waals surface area contributed by atoms with Gasteiger partial charge in [0.2, 0.25) is 0 Å². The topological polar surface area (TPSA) is 192 Å². The Balaban J connectivity index is -0.0000000330. The zero-order valence-corrected chi connectivity index (χ0v) is 121. The van der Waals surface area contributed by atoms with Crippen molar-refractivity contribution in [3.05, 3.63) is 0 Å². The van der Waals surface area contributed by atoms with Gasteiger partial charge in [0.15, 0.2) is 0 Å². The van der Waals surface area contributed by atoms with Crippen LogP contribution in [0, 0.1) is 40.9 Å². The molecular formula is C131H340N16. The lowest BCUT2D eigenvalue weighted by Crippen LogP contribution is -2.19. The van der Waals surface area contributed by atoms with Crippen LogP contribution in [0.1, 0.15) is 620 Å². The Morgan fingerprint density at radius 3 is 0.524 bits per heavy atom. The summed E-state index contributed by atoms with van der Waals surface area (Å²) in [4.78, 5) is 0. The van der Waals surface area contributed by atoms with Crippen LogP contribution >= 0.6 is 0 Å². The summed E-state index contributed by atoms with van der Waals surface area (Å²) >= 11 is 0. The van der Waals surface area contributed by atoms with Crippen molar-refractivity contribution in [2.24, 2.45) is 40.9 Å². The fourth-order valence-electron chi connectivity index (χ4n) is 9.71. The second-order valence-corrected chi connectivity index (χ2v) is 34.1. The van der Waals surface area contributed by atoms with Gasteiger partial charge in [0.05, 0.1) is 0 Å². The van der Waals surface area contributed by atoms with Crippen LogP contribution in [0.2, 0.25) is 0 Å². The maximum Gasteiger partial charge on any atom is 0.00331 e. The van der Waals surface area contributed by atoms with Gasteiger partial charge in [-0.1, -0.05) is 529 Å². The first-order valence-corrected chi connectivity index (χ1v) is 65.3. The number of rotatable bonds is 41. The lowest BCUT2D eigenvalue weighted by molar-refractivity contribution is 0.337.